The van der Waals surface area contributed by atoms with Gasteiger partial charge in [-0.3, -0.25) is 4.90 Å². The van der Waals surface area contributed by atoms with E-state index >= 15 is 0 Å². The van der Waals surface area contributed by atoms with Crippen LogP contribution in [0.2, 0.25) is 0 Å². The fourth-order valence-electron chi connectivity index (χ4n) is 3.39. The van der Waals surface area contributed by atoms with Crippen LogP contribution < -0.4 is 10.1 Å². The lowest BCUT2D eigenvalue weighted by molar-refractivity contribution is 0.105. The van der Waals surface area contributed by atoms with Gasteiger partial charge in [-0.25, -0.2) is 0 Å². The van der Waals surface area contributed by atoms with E-state index in [1.54, 1.807) is 0 Å². The molecule has 132 valence electrons. The van der Waals surface area contributed by atoms with Gasteiger partial charge in [-0.1, -0.05) is 22.9 Å². The predicted octanol–water partition coefficient (Wildman–Crippen LogP) is 2.84. The Labute approximate surface area is 154 Å². The normalized spacial score (nSPS) is 20.2. The van der Waals surface area contributed by atoms with Crippen LogP contribution in [0.15, 0.2) is 28.2 Å². The molecule has 0 spiro atoms. The zero-order valence-electron chi connectivity index (χ0n) is 14.7. The quantitative estimate of drug-likeness (QED) is 0.803. The highest BCUT2D eigenvalue weighted by Gasteiger charge is 2.20. The molecule has 0 amide bonds. The van der Waals surface area contributed by atoms with Gasteiger partial charge in [0.05, 0.1) is 0 Å². The van der Waals surface area contributed by atoms with Crippen molar-refractivity contribution in [2.45, 2.75) is 19.9 Å². The fraction of sp³-hybridized carbons (Fsp3) is 0.579. The molecule has 0 saturated carbocycles. The molecular weight excluding hydrogens is 366 g/mol. The Balaban J connectivity index is 1.45. The maximum absolute atomic E-state index is 5.84. The smallest absolute Gasteiger partial charge is 0.127 e. The third kappa shape index (κ3) is 4.60. The van der Waals surface area contributed by atoms with Crippen molar-refractivity contribution in [2.75, 3.05) is 52.4 Å². The summed E-state index contributed by atoms with van der Waals surface area (Å²) in [6.07, 6.45) is 2.25. The van der Waals surface area contributed by atoms with Crippen LogP contribution in [-0.4, -0.2) is 68.3 Å². The molecule has 3 rings (SSSR count). The summed E-state index contributed by atoms with van der Waals surface area (Å²) < 4.78 is 6.94. The molecule has 0 radical (unpaired) electrons. The maximum Gasteiger partial charge on any atom is 0.127 e. The van der Waals surface area contributed by atoms with Crippen LogP contribution in [0.4, 0.5) is 0 Å². The van der Waals surface area contributed by atoms with Gasteiger partial charge in [-0.15, -0.1) is 0 Å². The standard InChI is InChI=1S/C19H28BrN3O/c1-3-22-6-8-23(9-7-22)15(2)12-21-13-16-10-17-11-18(20)4-5-19(17)24-14-16/h4-5,10-11,15,21H,3,6-9,12-14H2,1-2H3. The van der Waals surface area contributed by atoms with E-state index in [1.165, 1.54) is 38.3 Å². The molecule has 0 bridgehead atoms. The number of rotatable bonds is 6. The number of likely N-dealkylation sites (N-methyl/N-ethyl adjacent to an activating group) is 1. The molecule has 0 aliphatic carbocycles. The minimum absolute atomic E-state index is 0.579. The molecule has 2 heterocycles. The Morgan fingerprint density at radius 3 is 2.79 bits per heavy atom. The van der Waals surface area contributed by atoms with E-state index in [0.717, 1.165) is 28.9 Å². The molecule has 1 saturated heterocycles. The van der Waals surface area contributed by atoms with Crippen molar-refractivity contribution < 1.29 is 4.74 Å². The zero-order chi connectivity index (χ0) is 16.9. The van der Waals surface area contributed by atoms with Crippen LogP contribution in [0.1, 0.15) is 19.4 Å². The monoisotopic (exact) mass is 393 g/mol. The highest BCUT2D eigenvalue weighted by molar-refractivity contribution is 9.10. The first kappa shape index (κ1) is 17.9. The van der Waals surface area contributed by atoms with Crippen molar-refractivity contribution in [2.24, 2.45) is 0 Å². The fourth-order valence-corrected chi connectivity index (χ4v) is 3.77. The molecule has 1 aromatic carbocycles. The molecule has 0 aromatic heterocycles. The number of benzene rings is 1. The summed E-state index contributed by atoms with van der Waals surface area (Å²) in [7, 11) is 0. The predicted molar refractivity (Wildman–Crippen MR) is 104 cm³/mol. The van der Waals surface area contributed by atoms with E-state index in [9.17, 15) is 0 Å². The van der Waals surface area contributed by atoms with Crippen molar-refractivity contribution in [1.29, 1.82) is 0 Å². The SMILES string of the molecule is CCN1CCN(C(C)CNCC2=Cc3cc(Br)ccc3OC2)CC1. The first-order chi connectivity index (χ1) is 11.7. The zero-order valence-corrected chi connectivity index (χ0v) is 16.3. The highest BCUT2D eigenvalue weighted by atomic mass is 79.9. The summed E-state index contributed by atoms with van der Waals surface area (Å²) in [5.74, 6) is 0.976. The number of halogens is 1. The molecule has 2 aliphatic rings. The Hall–Kier alpha value is -0.880. The van der Waals surface area contributed by atoms with Crippen molar-refractivity contribution >= 4 is 22.0 Å². The Morgan fingerprint density at radius 1 is 1.25 bits per heavy atom. The average molecular weight is 394 g/mol. The summed E-state index contributed by atoms with van der Waals surface area (Å²) in [6, 6.07) is 6.74. The van der Waals surface area contributed by atoms with Crippen LogP contribution in [0.3, 0.4) is 0 Å². The van der Waals surface area contributed by atoms with E-state index in [1.807, 2.05) is 12.1 Å². The minimum atomic E-state index is 0.579. The first-order valence-electron chi connectivity index (χ1n) is 8.94. The van der Waals surface area contributed by atoms with Gasteiger partial charge in [0.2, 0.25) is 0 Å². The van der Waals surface area contributed by atoms with Gasteiger partial charge in [0, 0.05) is 55.3 Å². The van der Waals surface area contributed by atoms with E-state index in [0.29, 0.717) is 12.6 Å². The minimum Gasteiger partial charge on any atom is -0.489 e. The molecule has 4 nitrogen and oxygen atoms in total. The molecule has 5 heteroatoms. The van der Waals surface area contributed by atoms with E-state index in [2.05, 4.69) is 57.0 Å². The van der Waals surface area contributed by atoms with Gasteiger partial charge in [0.25, 0.3) is 0 Å². The van der Waals surface area contributed by atoms with Gasteiger partial charge in [0.1, 0.15) is 12.4 Å². The van der Waals surface area contributed by atoms with Gasteiger partial charge < -0.3 is 15.0 Å². The second kappa shape index (κ2) is 8.48. The summed E-state index contributed by atoms with van der Waals surface area (Å²) in [5.41, 5.74) is 2.47. The maximum atomic E-state index is 5.84. The molecule has 24 heavy (non-hydrogen) atoms. The van der Waals surface area contributed by atoms with Gasteiger partial charge in [-0.05, 0) is 43.3 Å². The number of nitrogens with one attached hydrogen (secondary N) is 1. The molecule has 1 aromatic rings. The second-order valence-electron chi connectivity index (χ2n) is 6.72. The highest BCUT2D eigenvalue weighted by Crippen LogP contribution is 2.28. The van der Waals surface area contributed by atoms with Crippen molar-refractivity contribution in [3.63, 3.8) is 0 Å². The average Bonchev–Trinajstić information content (AvgIpc) is 2.61. The molecule has 1 fully saturated rings. The molecular formula is C19H28BrN3O. The van der Waals surface area contributed by atoms with Crippen LogP contribution >= 0.6 is 15.9 Å². The Morgan fingerprint density at radius 2 is 2.04 bits per heavy atom. The summed E-state index contributed by atoms with van der Waals surface area (Å²) >= 11 is 3.53. The topological polar surface area (TPSA) is 27.7 Å². The summed E-state index contributed by atoms with van der Waals surface area (Å²) in [4.78, 5) is 5.12. The number of fused-ring (bicyclic) bond motifs is 1. The van der Waals surface area contributed by atoms with E-state index in [4.69, 9.17) is 4.74 Å². The number of ether oxygens (including phenoxy) is 1. The molecule has 1 N–H and O–H groups in total. The van der Waals surface area contributed by atoms with Gasteiger partial charge >= 0.3 is 0 Å². The Bertz CT molecular complexity index is 582. The largest absolute Gasteiger partial charge is 0.489 e. The molecule has 1 unspecified atom stereocenters. The lowest BCUT2D eigenvalue weighted by atomic mass is 10.1. The lowest BCUT2D eigenvalue weighted by Crippen LogP contribution is -2.51. The number of hydrogen-bond donors (Lipinski definition) is 1. The van der Waals surface area contributed by atoms with E-state index < -0.39 is 0 Å². The van der Waals surface area contributed by atoms with Gasteiger partial charge in [-0.2, -0.15) is 0 Å². The molecule has 1 atom stereocenters. The first-order valence-corrected chi connectivity index (χ1v) is 9.74. The summed E-state index contributed by atoms with van der Waals surface area (Å²) in [6.45, 7) is 13.1. The number of nitrogens with zero attached hydrogens (tertiary/aromatic N) is 2. The van der Waals surface area contributed by atoms with Gasteiger partial charge in [0.15, 0.2) is 0 Å². The van der Waals surface area contributed by atoms with Crippen molar-refractivity contribution in [3.05, 3.63) is 33.8 Å². The van der Waals surface area contributed by atoms with Crippen LogP contribution in [0.25, 0.3) is 6.08 Å². The second-order valence-corrected chi connectivity index (χ2v) is 7.64. The lowest BCUT2D eigenvalue weighted by Gasteiger charge is -2.37. The van der Waals surface area contributed by atoms with Crippen LogP contribution in [0.5, 0.6) is 5.75 Å². The van der Waals surface area contributed by atoms with Crippen LogP contribution in [-0.2, 0) is 0 Å². The van der Waals surface area contributed by atoms with Crippen molar-refractivity contribution in [1.82, 2.24) is 15.1 Å². The van der Waals surface area contributed by atoms with E-state index in [-0.39, 0.29) is 0 Å². The Kier molecular flexibility index (Phi) is 6.33. The third-order valence-electron chi connectivity index (χ3n) is 5.01. The third-order valence-corrected chi connectivity index (χ3v) is 5.51. The van der Waals surface area contributed by atoms with Crippen LogP contribution in [0, 0.1) is 0 Å². The number of piperazine rings is 1. The number of hydrogen-bond acceptors (Lipinski definition) is 4. The van der Waals surface area contributed by atoms with Crippen molar-refractivity contribution in [3.8, 4) is 5.75 Å². The molecule has 2 aliphatic heterocycles. The summed E-state index contributed by atoms with van der Waals surface area (Å²) in [5, 5.41) is 3.61.